The number of carbonyl (C=O) groups is 1. The number of carbonyl (C=O) groups excluding carboxylic acids is 1. The third-order valence-corrected chi connectivity index (χ3v) is 2.96. The van der Waals surface area contributed by atoms with Crippen LogP contribution >= 0.6 is 0 Å². The van der Waals surface area contributed by atoms with Gasteiger partial charge in [0.05, 0.1) is 0 Å². The summed E-state index contributed by atoms with van der Waals surface area (Å²) in [6.45, 7) is 6.00. The van der Waals surface area contributed by atoms with E-state index in [2.05, 4.69) is 6.92 Å². The summed E-state index contributed by atoms with van der Waals surface area (Å²) in [5, 5.41) is 0. The maximum atomic E-state index is 12.2. The van der Waals surface area contributed by atoms with Crippen molar-refractivity contribution >= 4 is 11.7 Å². The average Bonchev–Trinajstić information content (AvgIpc) is 2.43. The van der Waals surface area contributed by atoms with Gasteiger partial charge >= 0.3 is 6.03 Å². The summed E-state index contributed by atoms with van der Waals surface area (Å²) in [4.78, 5) is 15.8. The molecule has 0 heterocycles. The molecule has 0 fully saturated rings. The van der Waals surface area contributed by atoms with Crippen molar-refractivity contribution in [2.24, 2.45) is 5.73 Å². The number of rotatable bonds is 5. The van der Waals surface area contributed by atoms with E-state index in [1.54, 1.807) is 4.90 Å². The maximum absolute atomic E-state index is 12.2. The van der Waals surface area contributed by atoms with Gasteiger partial charge in [0.1, 0.15) is 0 Å². The molecule has 0 bridgehead atoms. The fraction of sp³-hybridized carbons (Fsp3) is 0.500. The van der Waals surface area contributed by atoms with Crippen LogP contribution in [0.15, 0.2) is 24.3 Å². The molecule has 4 heteroatoms. The molecular weight excluding hydrogens is 226 g/mol. The Morgan fingerprint density at radius 1 is 1.22 bits per heavy atom. The first-order valence-corrected chi connectivity index (χ1v) is 6.45. The fourth-order valence-corrected chi connectivity index (χ4v) is 1.71. The number of amides is 2. The molecule has 0 aliphatic rings. The first-order valence-electron chi connectivity index (χ1n) is 6.45. The van der Waals surface area contributed by atoms with Crippen LogP contribution in [0.1, 0.15) is 25.8 Å². The van der Waals surface area contributed by atoms with Crippen molar-refractivity contribution in [1.82, 2.24) is 4.90 Å². The van der Waals surface area contributed by atoms with E-state index in [-0.39, 0.29) is 6.03 Å². The van der Waals surface area contributed by atoms with Gasteiger partial charge in [-0.2, -0.15) is 0 Å². The molecule has 1 aromatic carbocycles. The molecule has 0 saturated heterocycles. The van der Waals surface area contributed by atoms with Crippen LogP contribution in [0, 0.1) is 0 Å². The molecule has 4 nitrogen and oxygen atoms in total. The summed E-state index contributed by atoms with van der Waals surface area (Å²) >= 11 is 0. The maximum Gasteiger partial charge on any atom is 0.324 e. The second-order valence-electron chi connectivity index (χ2n) is 4.32. The lowest BCUT2D eigenvalue weighted by atomic mass is 10.2. The molecule has 100 valence electrons. The molecule has 18 heavy (non-hydrogen) atoms. The number of nitrogens with zero attached hydrogens (tertiary/aromatic N) is 2. The lowest BCUT2D eigenvalue weighted by Gasteiger charge is -2.27. The smallest absolute Gasteiger partial charge is 0.324 e. The highest BCUT2D eigenvalue weighted by molar-refractivity contribution is 5.91. The Morgan fingerprint density at radius 2 is 1.83 bits per heavy atom. The summed E-state index contributed by atoms with van der Waals surface area (Å²) in [6.07, 6.45) is 0.932. The van der Waals surface area contributed by atoms with Gasteiger partial charge < -0.3 is 10.6 Å². The third kappa shape index (κ3) is 3.47. The molecule has 1 aromatic rings. The number of hydrogen-bond acceptors (Lipinski definition) is 2. The normalized spacial score (nSPS) is 10.2. The molecule has 0 radical (unpaired) electrons. The molecule has 0 unspecified atom stereocenters. The van der Waals surface area contributed by atoms with Crippen molar-refractivity contribution < 1.29 is 4.79 Å². The minimum Gasteiger partial charge on any atom is -0.328 e. The van der Waals surface area contributed by atoms with Crippen molar-refractivity contribution in [3.8, 4) is 0 Å². The van der Waals surface area contributed by atoms with E-state index < -0.39 is 0 Å². The Morgan fingerprint density at radius 3 is 2.28 bits per heavy atom. The van der Waals surface area contributed by atoms with E-state index in [1.807, 2.05) is 43.1 Å². The van der Waals surface area contributed by atoms with Gasteiger partial charge in [0.15, 0.2) is 0 Å². The highest BCUT2D eigenvalue weighted by atomic mass is 16.2. The summed E-state index contributed by atoms with van der Waals surface area (Å²) < 4.78 is 0. The Balaban J connectivity index is 2.92. The topological polar surface area (TPSA) is 49.6 Å². The summed E-state index contributed by atoms with van der Waals surface area (Å²) in [7, 11) is 1.82. The van der Waals surface area contributed by atoms with Crippen molar-refractivity contribution in [2.75, 3.05) is 25.0 Å². The van der Waals surface area contributed by atoms with Crippen LogP contribution in [0.3, 0.4) is 0 Å². The predicted molar refractivity (Wildman–Crippen MR) is 75.7 cm³/mol. The lowest BCUT2D eigenvalue weighted by Crippen LogP contribution is -2.41. The second kappa shape index (κ2) is 7.01. The van der Waals surface area contributed by atoms with Gasteiger partial charge in [-0.3, -0.25) is 4.90 Å². The van der Waals surface area contributed by atoms with Gasteiger partial charge in [-0.1, -0.05) is 19.1 Å². The molecule has 0 saturated carbocycles. The first kappa shape index (κ1) is 14.5. The van der Waals surface area contributed by atoms with Crippen LogP contribution in [0.25, 0.3) is 0 Å². The average molecular weight is 249 g/mol. The van der Waals surface area contributed by atoms with Crippen LogP contribution < -0.4 is 10.6 Å². The number of nitrogens with two attached hydrogens (primary N) is 1. The molecule has 0 aliphatic carbocycles. The standard InChI is InChI=1S/C14H23N3O/c1-4-10-17(14(18)16(3)5-2)13-8-6-12(11-15)7-9-13/h6-9H,4-5,10-11,15H2,1-3H3. The quantitative estimate of drug-likeness (QED) is 0.871. The predicted octanol–water partition coefficient (Wildman–Crippen LogP) is 2.43. The highest BCUT2D eigenvalue weighted by Crippen LogP contribution is 2.17. The molecule has 0 aromatic heterocycles. The largest absolute Gasteiger partial charge is 0.328 e. The lowest BCUT2D eigenvalue weighted by molar-refractivity contribution is 0.217. The highest BCUT2D eigenvalue weighted by Gasteiger charge is 2.17. The van der Waals surface area contributed by atoms with E-state index in [4.69, 9.17) is 5.73 Å². The Hall–Kier alpha value is -1.55. The van der Waals surface area contributed by atoms with Gasteiger partial charge in [-0.25, -0.2) is 4.79 Å². The van der Waals surface area contributed by atoms with Crippen LogP contribution in [0.2, 0.25) is 0 Å². The SMILES string of the molecule is CCCN(C(=O)N(C)CC)c1ccc(CN)cc1. The molecular formula is C14H23N3O. The monoisotopic (exact) mass is 249 g/mol. The summed E-state index contributed by atoms with van der Waals surface area (Å²) in [5.41, 5.74) is 7.58. The summed E-state index contributed by atoms with van der Waals surface area (Å²) in [6, 6.07) is 7.90. The van der Waals surface area contributed by atoms with Crippen molar-refractivity contribution in [3.63, 3.8) is 0 Å². The van der Waals surface area contributed by atoms with Crippen LogP contribution in [-0.4, -0.2) is 31.1 Å². The van der Waals surface area contributed by atoms with Crippen molar-refractivity contribution in [2.45, 2.75) is 26.8 Å². The zero-order valence-electron chi connectivity index (χ0n) is 11.5. The molecule has 2 N–H and O–H groups in total. The Labute approximate surface area is 109 Å². The number of urea groups is 1. The van der Waals surface area contributed by atoms with Crippen molar-refractivity contribution in [3.05, 3.63) is 29.8 Å². The van der Waals surface area contributed by atoms with Crippen LogP contribution in [0.5, 0.6) is 0 Å². The molecule has 0 aliphatic heterocycles. The Kier molecular flexibility index (Phi) is 5.65. The third-order valence-electron chi connectivity index (χ3n) is 2.96. The zero-order valence-corrected chi connectivity index (χ0v) is 11.5. The first-order chi connectivity index (χ1) is 8.63. The minimum absolute atomic E-state index is 0.0415. The zero-order chi connectivity index (χ0) is 13.5. The van der Waals surface area contributed by atoms with Gasteiger partial charge in [-0.15, -0.1) is 0 Å². The van der Waals surface area contributed by atoms with E-state index in [1.165, 1.54) is 0 Å². The van der Waals surface area contributed by atoms with Crippen LogP contribution in [-0.2, 0) is 6.54 Å². The van der Waals surface area contributed by atoms with E-state index in [0.29, 0.717) is 13.1 Å². The molecule has 2 amide bonds. The molecule has 1 rings (SSSR count). The van der Waals surface area contributed by atoms with Gasteiger partial charge in [0, 0.05) is 32.4 Å². The van der Waals surface area contributed by atoms with Gasteiger partial charge in [-0.05, 0) is 31.0 Å². The van der Waals surface area contributed by atoms with Gasteiger partial charge in [0.2, 0.25) is 0 Å². The minimum atomic E-state index is 0.0415. The van der Waals surface area contributed by atoms with E-state index in [0.717, 1.165) is 24.2 Å². The van der Waals surface area contributed by atoms with Gasteiger partial charge in [0.25, 0.3) is 0 Å². The van der Waals surface area contributed by atoms with Crippen molar-refractivity contribution in [1.29, 1.82) is 0 Å². The number of hydrogen-bond donors (Lipinski definition) is 1. The fourth-order valence-electron chi connectivity index (χ4n) is 1.71. The second-order valence-corrected chi connectivity index (χ2v) is 4.32. The molecule has 0 spiro atoms. The van der Waals surface area contributed by atoms with Crippen LogP contribution in [0.4, 0.5) is 10.5 Å². The number of benzene rings is 1. The number of anilines is 1. The molecule has 0 atom stereocenters. The Bertz CT molecular complexity index is 375. The van der Waals surface area contributed by atoms with E-state index >= 15 is 0 Å². The summed E-state index contributed by atoms with van der Waals surface area (Å²) in [5.74, 6) is 0. The van der Waals surface area contributed by atoms with E-state index in [9.17, 15) is 4.79 Å².